The Kier molecular flexibility index (Phi) is 5.13. The lowest BCUT2D eigenvalue weighted by atomic mass is 9.86. The van der Waals surface area contributed by atoms with E-state index in [1.165, 1.54) is 18.2 Å². The lowest BCUT2D eigenvalue weighted by Gasteiger charge is -2.16. The van der Waals surface area contributed by atoms with E-state index in [1.807, 2.05) is 25.1 Å². The van der Waals surface area contributed by atoms with Crippen LogP contribution in [0.1, 0.15) is 41.3 Å². The highest BCUT2D eigenvalue weighted by atomic mass is 35.5. The number of fused-ring (bicyclic) bond motifs is 1. The average Bonchev–Trinajstić information content (AvgIpc) is 3.52. The number of benzene rings is 3. The first-order valence-electron chi connectivity index (χ1n) is 10.6. The van der Waals surface area contributed by atoms with Gasteiger partial charge in [0.05, 0.1) is 16.0 Å². The molecule has 1 aliphatic heterocycles. The molecule has 0 amide bonds. The van der Waals surface area contributed by atoms with Crippen LogP contribution in [0.4, 0.5) is 8.78 Å². The quantitative estimate of drug-likeness (QED) is 0.435. The number of hydrogen-bond donors (Lipinski definition) is 1. The summed E-state index contributed by atoms with van der Waals surface area (Å²) in [5.41, 5.74) is 3.09. The number of halogens is 3. The summed E-state index contributed by atoms with van der Waals surface area (Å²) >= 11 is 6.00. The molecule has 0 unspecified atom stereocenters. The van der Waals surface area contributed by atoms with Crippen molar-refractivity contribution in [3.63, 3.8) is 0 Å². The van der Waals surface area contributed by atoms with Crippen molar-refractivity contribution in [3.8, 4) is 22.6 Å². The monoisotopic (exact) mass is 486 g/mol. The maximum absolute atomic E-state index is 13.4. The van der Waals surface area contributed by atoms with Crippen molar-refractivity contribution >= 4 is 23.4 Å². The van der Waals surface area contributed by atoms with Crippen molar-refractivity contribution in [1.29, 1.82) is 0 Å². The number of aryl methyl sites for hydroxylation is 1. The van der Waals surface area contributed by atoms with Crippen LogP contribution in [0.25, 0.3) is 11.1 Å². The molecule has 2 aliphatic rings. The van der Waals surface area contributed by atoms with E-state index in [1.54, 1.807) is 18.2 Å². The minimum absolute atomic E-state index is 0. The van der Waals surface area contributed by atoms with Gasteiger partial charge >= 0.3 is 12.3 Å². The summed E-state index contributed by atoms with van der Waals surface area (Å²) in [6.07, 6.45) is -2.31. The molecule has 3 aromatic carbocycles. The zero-order chi connectivity index (χ0) is 24.3. The Hall–Kier alpha value is -3.45. The van der Waals surface area contributed by atoms with E-state index in [-0.39, 0.29) is 35.7 Å². The fraction of sp³-hybridized carbons (Fsp3) is 0.231. The van der Waals surface area contributed by atoms with Crippen LogP contribution in [0.2, 0.25) is 5.02 Å². The Balaban J connectivity index is 0.00000289. The molecule has 0 spiro atoms. The second-order valence-corrected chi connectivity index (χ2v) is 9.07. The lowest BCUT2D eigenvalue weighted by molar-refractivity contribution is -0.286. The zero-order valence-corrected chi connectivity index (χ0v) is 18.8. The molecule has 8 heteroatoms. The predicted molar refractivity (Wildman–Crippen MR) is 123 cm³/mol. The molecular formula is C26H21ClF2O5. The zero-order valence-electron chi connectivity index (χ0n) is 18.0. The van der Waals surface area contributed by atoms with Crippen LogP contribution in [0.15, 0.2) is 54.6 Å². The van der Waals surface area contributed by atoms with E-state index in [0.29, 0.717) is 24.0 Å². The third-order valence-electron chi connectivity index (χ3n) is 6.41. The molecule has 0 aromatic heterocycles. The van der Waals surface area contributed by atoms with Crippen LogP contribution in [0.5, 0.6) is 11.5 Å². The van der Waals surface area contributed by atoms with E-state index in [9.17, 15) is 23.5 Å². The normalized spacial score (nSPS) is 16.8. The minimum Gasteiger partial charge on any atom is -0.478 e. The molecule has 5 nitrogen and oxygen atoms in total. The largest absolute Gasteiger partial charge is 0.586 e. The van der Waals surface area contributed by atoms with Crippen LogP contribution >= 0.6 is 11.6 Å². The first-order valence-corrected chi connectivity index (χ1v) is 11.0. The first-order chi connectivity index (χ1) is 16.1. The molecule has 0 bridgehead atoms. The number of Topliss-reactive ketones (excluding diaryl/α,β-unsaturated/α-hetero) is 1. The molecule has 5 rings (SSSR count). The van der Waals surface area contributed by atoms with Gasteiger partial charge < -0.3 is 14.6 Å². The Bertz CT molecular complexity index is 1350. The fourth-order valence-corrected chi connectivity index (χ4v) is 4.60. The maximum Gasteiger partial charge on any atom is 0.586 e. The van der Waals surface area contributed by atoms with E-state index in [2.05, 4.69) is 9.47 Å². The van der Waals surface area contributed by atoms with Gasteiger partial charge in [-0.25, -0.2) is 4.79 Å². The number of ether oxygens (including phenoxy) is 2. The summed E-state index contributed by atoms with van der Waals surface area (Å²) < 4.78 is 35.8. The molecule has 1 aliphatic carbocycles. The van der Waals surface area contributed by atoms with Gasteiger partial charge in [0.25, 0.3) is 0 Å². The van der Waals surface area contributed by atoms with Gasteiger partial charge in [-0.05, 0) is 71.8 Å². The van der Waals surface area contributed by atoms with Crippen LogP contribution in [-0.2, 0) is 16.6 Å². The van der Waals surface area contributed by atoms with E-state index >= 15 is 0 Å². The summed E-state index contributed by atoms with van der Waals surface area (Å²) in [5.74, 6) is -1.26. The second kappa shape index (κ2) is 7.81. The summed E-state index contributed by atoms with van der Waals surface area (Å²) in [7, 11) is 0. The molecule has 1 saturated carbocycles. The molecule has 0 saturated heterocycles. The molecule has 0 radical (unpaired) electrons. The number of aromatic carboxylic acids is 1. The second-order valence-electron chi connectivity index (χ2n) is 8.66. The number of carbonyl (C=O) groups excluding carboxylic acids is 1. The van der Waals surface area contributed by atoms with Gasteiger partial charge in [-0.15, -0.1) is 8.78 Å². The first kappa shape index (κ1) is 22.3. The average molecular weight is 487 g/mol. The lowest BCUT2D eigenvalue weighted by Crippen LogP contribution is -2.26. The minimum atomic E-state index is -3.71. The van der Waals surface area contributed by atoms with E-state index in [0.717, 1.165) is 16.7 Å². The summed E-state index contributed by atoms with van der Waals surface area (Å²) in [5, 5.41) is 9.53. The standard InChI is InChI=1S/C26H19ClF2O5.H2/c1-14-2-3-15(10-18(14)16-4-6-20(27)19(12-16)24(31)32)11-23(30)25(8-9-25)17-5-7-21-22(13-17)34-26(28,29)33-21;/h2-7,10,12-13H,8-9,11H2,1H3,(H,31,32);1H. The van der Waals surface area contributed by atoms with Crippen molar-refractivity contribution < 1.29 is 34.4 Å². The fourth-order valence-electron chi connectivity index (χ4n) is 4.40. The summed E-state index contributed by atoms with van der Waals surface area (Å²) in [6, 6.07) is 14.9. The van der Waals surface area contributed by atoms with Gasteiger partial charge in [-0.3, -0.25) is 4.79 Å². The van der Waals surface area contributed by atoms with Crippen molar-refractivity contribution in [1.82, 2.24) is 0 Å². The molecule has 176 valence electrons. The van der Waals surface area contributed by atoms with Crippen LogP contribution < -0.4 is 9.47 Å². The Morgan fingerprint density at radius 1 is 1.03 bits per heavy atom. The molecule has 1 fully saturated rings. The number of ketones is 1. The Morgan fingerprint density at radius 2 is 1.76 bits per heavy atom. The van der Waals surface area contributed by atoms with Crippen LogP contribution in [0.3, 0.4) is 0 Å². The van der Waals surface area contributed by atoms with Crippen molar-refractivity contribution in [3.05, 3.63) is 81.9 Å². The number of rotatable bonds is 6. The molecule has 1 N–H and O–H groups in total. The number of carboxylic acids is 1. The molecule has 0 atom stereocenters. The van der Waals surface area contributed by atoms with Crippen LogP contribution in [-0.4, -0.2) is 23.2 Å². The topological polar surface area (TPSA) is 72.8 Å². The van der Waals surface area contributed by atoms with E-state index < -0.39 is 17.7 Å². The highest BCUT2D eigenvalue weighted by Crippen LogP contribution is 2.52. The maximum atomic E-state index is 13.4. The number of hydrogen-bond acceptors (Lipinski definition) is 4. The van der Waals surface area contributed by atoms with Gasteiger partial charge in [-0.2, -0.15) is 0 Å². The van der Waals surface area contributed by atoms with Crippen molar-refractivity contribution in [2.24, 2.45) is 0 Å². The Morgan fingerprint density at radius 3 is 2.47 bits per heavy atom. The molecular weight excluding hydrogens is 466 g/mol. The van der Waals surface area contributed by atoms with Crippen molar-refractivity contribution in [2.45, 2.75) is 37.9 Å². The molecule has 1 heterocycles. The van der Waals surface area contributed by atoms with Gasteiger partial charge in [0.15, 0.2) is 11.5 Å². The smallest absolute Gasteiger partial charge is 0.478 e. The molecule has 3 aromatic rings. The van der Waals surface area contributed by atoms with Gasteiger partial charge in [-0.1, -0.05) is 41.9 Å². The summed E-state index contributed by atoms with van der Waals surface area (Å²) in [4.78, 5) is 24.8. The number of carbonyl (C=O) groups is 2. The molecule has 34 heavy (non-hydrogen) atoms. The summed E-state index contributed by atoms with van der Waals surface area (Å²) in [6.45, 7) is 1.90. The third-order valence-corrected chi connectivity index (χ3v) is 6.74. The predicted octanol–water partition coefficient (Wildman–Crippen LogP) is 6.42. The third kappa shape index (κ3) is 3.90. The number of carboxylic acid groups (broad SMARTS) is 1. The van der Waals surface area contributed by atoms with E-state index in [4.69, 9.17) is 11.6 Å². The Labute approximate surface area is 200 Å². The van der Waals surface area contributed by atoms with Gasteiger partial charge in [0.2, 0.25) is 0 Å². The highest BCUT2D eigenvalue weighted by molar-refractivity contribution is 6.33. The number of alkyl halides is 2. The van der Waals surface area contributed by atoms with Crippen molar-refractivity contribution in [2.75, 3.05) is 0 Å². The SMILES string of the molecule is Cc1ccc(CC(=O)C2(c3ccc4c(c3)OC(F)(F)O4)CC2)cc1-c1ccc(Cl)c(C(=O)O)c1.[HH]. The van der Waals surface area contributed by atoms with Crippen LogP contribution in [0, 0.1) is 6.92 Å². The highest BCUT2D eigenvalue weighted by Gasteiger charge is 2.52. The van der Waals surface area contributed by atoms with Gasteiger partial charge in [0.1, 0.15) is 5.78 Å². The van der Waals surface area contributed by atoms with Gasteiger partial charge in [0, 0.05) is 7.85 Å².